The molecule has 4 nitrogen and oxygen atoms in total. The summed E-state index contributed by atoms with van der Waals surface area (Å²) in [5, 5.41) is 10.3. The van der Waals surface area contributed by atoms with E-state index in [0.29, 0.717) is 11.1 Å². The molecule has 104 valence electrons. The van der Waals surface area contributed by atoms with Crippen molar-refractivity contribution in [3.05, 3.63) is 82.1 Å². The van der Waals surface area contributed by atoms with Crippen LogP contribution in [0.5, 0.6) is 0 Å². The van der Waals surface area contributed by atoms with Crippen molar-refractivity contribution in [2.75, 3.05) is 0 Å². The predicted octanol–water partition coefficient (Wildman–Crippen LogP) is 2.74. The average Bonchev–Trinajstić information content (AvgIpc) is 2.49. The van der Waals surface area contributed by atoms with Crippen molar-refractivity contribution in [2.24, 2.45) is 0 Å². The van der Waals surface area contributed by atoms with Crippen LogP contribution >= 0.6 is 0 Å². The maximum Gasteiger partial charge on any atom is 0.315 e. The average molecular weight is 279 g/mol. The van der Waals surface area contributed by atoms with E-state index in [0.717, 1.165) is 5.39 Å². The Labute approximate surface area is 120 Å². The van der Waals surface area contributed by atoms with E-state index in [-0.39, 0.29) is 11.1 Å². The van der Waals surface area contributed by atoms with Crippen LogP contribution in [0.3, 0.4) is 0 Å². The summed E-state index contributed by atoms with van der Waals surface area (Å²) in [4.78, 5) is 26.6. The molecule has 2 aromatic carbocycles. The molecule has 1 heterocycles. The fraction of sp³-hybridized carbons (Fsp3) is 0.0588. The molecular formula is C17H13NO3. The lowest BCUT2D eigenvalue weighted by atomic mass is 9.91. The Bertz CT molecular complexity index is 853. The van der Waals surface area contributed by atoms with Gasteiger partial charge in [0.05, 0.1) is 0 Å². The minimum absolute atomic E-state index is 0.243. The quantitative estimate of drug-likeness (QED) is 0.774. The number of hydrogen-bond acceptors (Lipinski definition) is 2. The second-order valence-corrected chi connectivity index (χ2v) is 4.82. The third-order valence-corrected chi connectivity index (χ3v) is 3.47. The van der Waals surface area contributed by atoms with E-state index in [9.17, 15) is 14.7 Å². The van der Waals surface area contributed by atoms with E-state index in [4.69, 9.17) is 0 Å². The van der Waals surface area contributed by atoms with Crippen LogP contribution in [-0.4, -0.2) is 16.1 Å². The van der Waals surface area contributed by atoms with Gasteiger partial charge in [-0.3, -0.25) is 9.59 Å². The Morgan fingerprint density at radius 3 is 2.38 bits per heavy atom. The highest BCUT2D eigenvalue weighted by Gasteiger charge is 2.25. The smallest absolute Gasteiger partial charge is 0.315 e. The molecule has 3 aromatic rings. The summed E-state index contributed by atoms with van der Waals surface area (Å²) >= 11 is 0. The summed E-state index contributed by atoms with van der Waals surface area (Å²) in [6, 6.07) is 17.7. The summed E-state index contributed by atoms with van der Waals surface area (Å²) in [5.74, 6) is -2.01. The molecule has 0 saturated heterocycles. The Balaban J connectivity index is 2.23. The maximum absolute atomic E-state index is 12.2. The van der Waals surface area contributed by atoms with Crippen LogP contribution in [0.15, 0.2) is 65.5 Å². The van der Waals surface area contributed by atoms with Crippen molar-refractivity contribution in [3.8, 4) is 0 Å². The molecule has 0 aliphatic carbocycles. The van der Waals surface area contributed by atoms with Crippen LogP contribution in [0.4, 0.5) is 0 Å². The van der Waals surface area contributed by atoms with Crippen molar-refractivity contribution in [1.29, 1.82) is 0 Å². The van der Waals surface area contributed by atoms with Gasteiger partial charge in [0.25, 0.3) is 5.56 Å². The van der Waals surface area contributed by atoms with E-state index in [1.54, 1.807) is 36.4 Å². The Morgan fingerprint density at radius 2 is 1.67 bits per heavy atom. The van der Waals surface area contributed by atoms with Gasteiger partial charge in [-0.25, -0.2) is 0 Å². The molecule has 0 bridgehead atoms. The van der Waals surface area contributed by atoms with Gasteiger partial charge >= 0.3 is 5.97 Å². The van der Waals surface area contributed by atoms with Crippen molar-refractivity contribution >= 4 is 16.9 Å². The SMILES string of the molecule is O=C(O)C(c1ccccc1)c1cc2ccccc2[nH]c1=O. The lowest BCUT2D eigenvalue weighted by Gasteiger charge is -2.13. The zero-order valence-electron chi connectivity index (χ0n) is 11.1. The Morgan fingerprint density at radius 1 is 1.00 bits per heavy atom. The number of pyridine rings is 1. The van der Waals surface area contributed by atoms with Gasteiger partial charge in [-0.2, -0.15) is 0 Å². The van der Waals surface area contributed by atoms with E-state index < -0.39 is 11.9 Å². The zero-order valence-corrected chi connectivity index (χ0v) is 11.1. The number of para-hydroxylation sites is 1. The second kappa shape index (κ2) is 5.25. The van der Waals surface area contributed by atoms with Gasteiger partial charge in [0, 0.05) is 11.1 Å². The normalized spacial score (nSPS) is 12.2. The first-order chi connectivity index (χ1) is 10.2. The van der Waals surface area contributed by atoms with Crippen LogP contribution in [0.2, 0.25) is 0 Å². The molecule has 1 unspecified atom stereocenters. The van der Waals surface area contributed by atoms with Gasteiger partial charge < -0.3 is 10.1 Å². The molecule has 2 N–H and O–H groups in total. The maximum atomic E-state index is 12.2. The molecule has 0 aliphatic heterocycles. The predicted molar refractivity (Wildman–Crippen MR) is 80.5 cm³/mol. The highest BCUT2D eigenvalue weighted by atomic mass is 16.4. The number of nitrogens with one attached hydrogen (secondary N) is 1. The molecule has 0 fully saturated rings. The standard InChI is InChI=1S/C17H13NO3/c19-16-13(10-12-8-4-5-9-14(12)18-16)15(17(20)21)11-6-2-1-3-7-11/h1-10,15H,(H,18,19)(H,20,21). The van der Waals surface area contributed by atoms with Crippen LogP contribution in [0, 0.1) is 0 Å². The molecule has 0 aliphatic rings. The van der Waals surface area contributed by atoms with Crippen molar-refractivity contribution in [2.45, 2.75) is 5.92 Å². The number of aliphatic carboxylic acids is 1. The van der Waals surface area contributed by atoms with Gasteiger partial charge in [-0.1, -0.05) is 48.5 Å². The lowest BCUT2D eigenvalue weighted by molar-refractivity contribution is -0.137. The zero-order chi connectivity index (χ0) is 14.8. The fourth-order valence-electron chi connectivity index (χ4n) is 2.48. The third-order valence-electron chi connectivity index (χ3n) is 3.47. The molecule has 0 saturated carbocycles. The summed E-state index contributed by atoms with van der Waals surface area (Å²) in [7, 11) is 0. The first kappa shape index (κ1) is 13.1. The molecule has 0 radical (unpaired) electrons. The van der Waals surface area contributed by atoms with Crippen molar-refractivity contribution in [1.82, 2.24) is 4.98 Å². The van der Waals surface area contributed by atoms with Crippen LogP contribution in [-0.2, 0) is 4.79 Å². The molecule has 4 heteroatoms. The number of H-pyrrole nitrogens is 1. The number of carboxylic acids is 1. The lowest BCUT2D eigenvalue weighted by Crippen LogP contribution is -2.22. The van der Waals surface area contributed by atoms with Crippen LogP contribution < -0.4 is 5.56 Å². The number of aromatic nitrogens is 1. The highest BCUT2D eigenvalue weighted by molar-refractivity contribution is 5.84. The van der Waals surface area contributed by atoms with Gasteiger partial charge in [-0.05, 0) is 23.1 Å². The fourth-order valence-corrected chi connectivity index (χ4v) is 2.48. The number of carboxylic acid groups (broad SMARTS) is 1. The van der Waals surface area contributed by atoms with Gasteiger partial charge in [0.15, 0.2) is 0 Å². The van der Waals surface area contributed by atoms with E-state index in [1.165, 1.54) is 0 Å². The minimum atomic E-state index is -1.04. The summed E-state index contributed by atoms with van der Waals surface area (Å²) in [5.41, 5.74) is 1.16. The number of hydrogen-bond donors (Lipinski definition) is 2. The number of carbonyl (C=O) groups is 1. The molecule has 21 heavy (non-hydrogen) atoms. The summed E-state index contributed by atoms with van der Waals surface area (Å²) in [6.45, 7) is 0. The summed E-state index contributed by atoms with van der Waals surface area (Å²) in [6.07, 6.45) is 0. The number of fused-ring (bicyclic) bond motifs is 1. The first-order valence-corrected chi connectivity index (χ1v) is 6.56. The van der Waals surface area contributed by atoms with Gasteiger partial charge in [-0.15, -0.1) is 0 Å². The van der Waals surface area contributed by atoms with E-state index >= 15 is 0 Å². The van der Waals surface area contributed by atoms with Crippen molar-refractivity contribution < 1.29 is 9.90 Å². The first-order valence-electron chi connectivity index (χ1n) is 6.56. The van der Waals surface area contributed by atoms with Gasteiger partial charge in [0.2, 0.25) is 0 Å². The molecule has 0 spiro atoms. The summed E-state index contributed by atoms with van der Waals surface area (Å²) < 4.78 is 0. The highest BCUT2D eigenvalue weighted by Crippen LogP contribution is 2.24. The molecule has 1 atom stereocenters. The largest absolute Gasteiger partial charge is 0.481 e. The monoisotopic (exact) mass is 279 g/mol. The minimum Gasteiger partial charge on any atom is -0.481 e. The topological polar surface area (TPSA) is 70.2 Å². The third kappa shape index (κ3) is 2.43. The molecule has 3 rings (SSSR count). The molecule has 0 amide bonds. The Hall–Kier alpha value is -2.88. The number of benzene rings is 2. The van der Waals surface area contributed by atoms with Crippen LogP contribution in [0.25, 0.3) is 10.9 Å². The second-order valence-electron chi connectivity index (χ2n) is 4.82. The number of aromatic amines is 1. The van der Waals surface area contributed by atoms with E-state index in [2.05, 4.69) is 4.98 Å². The van der Waals surface area contributed by atoms with Crippen LogP contribution in [0.1, 0.15) is 17.0 Å². The van der Waals surface area contributed by atoms with E-state index in [1.807, 2.05) is 24.3 Å². The Kier molecular flexibility index (Phi) is 3.28. The number of rotatable bonds is 3. The molecule has 1 aromatic heterocycles. The molecular weight excluding hydrogens is 266 g/mol. The van der Waals surface area contributed by atoms with Gasteiger partial charge in [0.1, 0.15) is 5.92 Å². The van der Waals surface area contributed by atoms with Crippen molar-refractivity contribution in [3.63, 3.8) is 0 Å².